The Kier molecular flexibility index (Phi) is 5.50. The van der Waals surface area contributed by atoms with E-state index >= 15 is 0 Å². The lowest BCUT2D eigenvalue weighted by atomic mass is 10.0. The molecule has 0 spiro atoms. The zero-order valence-corrected chi connectivity index (χ0v) is 16.1. The predicted molar refractivity (Wildman–Crippen MR) is 97.1 cm³/mol. The average molecular weight is 397 g/mol. The number of rotatable bonds is 4. The average Bonchev–Trinajstić information content (AvgIpc) is 2.60. The molecule has 5 nitrogen and oxygen atoms in total. The largest absolute Gasteiger partial charge is 0.507 e. The molecule has 2 N–H and O–H groups in total. The molecule has 27 heavy (non-hydrogen) atoms. The summed E-state index contributed by atoms with van der Waals surface area (Å²) in [4.78, 5) is 0.638. The van der Waals surface area contributed by atoms with Gasteiger partial charge >= 0.3 is 0 Å². The lowest BCUT2D eigenvalue weighted by molar-refractivity contribution is -0.917. The maximum Gasteiger partial charge on any atom is 0.246 e. The van der Waals surface area contributed by atoms with Crippen molar-refractivity contribution in [1.82, 2.24) is 4.31 Å². The first-order valence-corrected chi connectivity index (χ1v) is 10.2. The van der Waals surface area contributed by atoms with Crippen LogP contribution in [-0.2, 0) is 16.6 Å². The molecule has 1 aliphatic rings. The minimum absolute atomic E-state index is 0.236. The molecule has 3 rings (SSSR count). The van der Waals surface area contributed by atoms with Crippen molar-refractivity contribution in [2.75, 3.05) is 26.2 Å². The highest BCUT2D eigenvalue weighted by atomic mass is 32.2. The van der Waals surface area contributed by atoms with Gasteiger partial charge in [0.25, 0.3) is 0 Å². The summed E-state index contributed by atoms with van der Waals surface area (Å²) in [5.74, 6) is -1.65. The van der Waals surface area contributed by atoms with Gasteiger partial charge in [0.15, 0.2) is 0 Å². The van der Waals surface area contributed by atoms with Crippen molar-refractivity contribution in [1.29, 1.82) is 0 Å². The van der Waals surface area contributed by atoms with E-state index in [1.165, 1.54) is 4.31 Å². The first kappa shape index (κ1) is 19.7. The fraction of sp³-hybridized carbons (Fsp3) is 0.368. The molecule has 0 saturated carbocycles. The number of halogens is 2. The molecule has 1 saturated heterocycles. The molecule has 1 aliphatic heterocycles. The molecule has 8 heteroatoms. The Morgan fingerprint density at radius 2 is 1.70 bits per heavy atom. The van der Waals surface area contributed by atoms with Gasteiger partial charge in [-0.25, -0.2) is 17.2 Å². The van der Waals surface area contributed by atoms with Crippen molar-refractivity contribution >= 4 is 10.0 Å². The molecule has 2 aromatic carbocycles. The molecule has 0 radical (unpaired) electrons. The third-order valence-corrected chi connectivity index (χ3v) is 7.01. The summed E-state index contributed by atoms with van der Waals surface area (Å²) in [7, 11) is -4.00. The number of nitrogens with one attached hydrogen (secondary N) is 1. The van der Waals surface area contributed by atoms with Crippen molar-refractivity contribution in [3.63, 3.8) is 0 Å². The Morgan fingerprint density at radius 3 is 2.33 bits per heavy atom. The van der Waals surface area contributed by atoms with E-state index in [0.29, 0.717) is 25.7 Å². The summed E-state index contributed by atoms with van der Waals surface area (Å²) in [5.41, 5.74) is 2.94. The monoisotopic (exact) mass is 397 g/mol. The number of benzene rings is 2. The molecular weight excluding hydrogens is 374 g/mol. The van der Waals surface area contributed by atoms with Crippen LogP contribution in [0.25, 0.3) is 0 Å². The van der Waals surface area contributed by atoms with E-state index in [0.717, 1.165) is 33.7 Å². The molecule has 0 aromatic heterocycles. The van der Waals surface area contributed by atoms with E-state index in [1.807, 2.05) is 19.9 Å². The van der Waals surface area contributed by atoms with Crippen LogP contribution in [0.5, 0.6) is 5.75 Å². The third-order valence-electron chi connectivity index (χ3n) is 5.08. The number of hydrogen-bond acceptors (Lipinski definition) is 3. The second-order valence-electron chi connectivity index (χ2n) is 6.97. The molecule has 2 aromatic rings. The molecule has 0 atom stereocenters. The van der Waals surface area contributed by atoms with Gasteiger partial charge in [-0.2, -0.15) is 4.31 Å². The molecule has 0 unspecified atom stereocenters. The minimum atomic E-state index is -4.00. The number of phenolic OH excluding ortho intramolecular Hbond substituents is 1. The predicted octanol–water partition coefficient (Wildman–Crippen LogP) is 1.38. The zero-order chi connectivity index (χ0) is 19.8. The number of nitrogens with zero attached hydrogens (tertiary/aromatic N) is 1. The fourth-order valence-electron chi connectivity index (χ4n) is 3.31. The number of quaternary nitrogens is 1. The van der Waals surface area contributed by atoms with E-state index in [4.69, 9.17) is 0 Å². The molecule has 0 amide bonds. The minimum Gasteiger partial charge on any atom is -0.507 e. The van der Waals surface area contributed by atoms with Crippen molar-refractivity contribution in [2.45, 2.75) is 25.3 Å². The SMILES string of the molecule is Cc1cc(O)c(C[NH+]2CCN(S(=O)(=O)c3ccc(F)cc3F)CC2)cc1C. The van der Waals surface area contributed by atoms with Gasteiger partial charge in [-0.1, -0.05) is 0 Å². The normalized spacial score (nSPS) is 16.6. The van der Waals surface area contributed by atoms with Crippen LogP contribution in [0, 0.1) is 25.5 Å². The first-order valence-electron chi connectivity index (χ1n) is 8.76. The van der Waals surface area contributed by atoms with E-state index < -0.39 is 26.6 Å². The van der Waals surface area contributed by atoms with Crippen molar-refractivity contribution in [3.05, 3.63) is 58.7 Å². The molecule has 1 fully saturated rings. The number of hydrogen-bond donors (Lipinski definition) is 2. The Bertz CT molecular complexity index is 956. The topological polar surface area (TPSA) is 62.1 Å². The summed E-state index contributed by atoms with van der Waals surface area (Å²) in [5, 5.41) is 10.1. The Labute approximate surface area is 157 Å². The van der Waals surface area contributed by atoms with Gasteiger partial charge in [0.1, 0.15) is 28.8 Å². The van der Waals surface area contributed by atoms with Crippen LogP contribution in [0.1, 0.15) is 16.7 Å². The smallest absolute Gasteiger partial charge is 0.246 e. The second-order valence-corrected chi connectivity index (χ2v) is 8.88. The lowest BCUT2D eigenvalue weighted by Gasteiger charge is -2.31. The third kappa shape index (κ3) is 4.12. The van der Waals surface area contributed by atoms with Gasteiger partial charge in [0.05, 0.1) is 26.2 Å². The number of phenols is 1. The molecule has 1 heterocycles. The molecule has 0 aliphatic carbocycles. The summed E-state index contributed by atoms with van der Waals surface area (Å²) in [6.45, 7) is 6.05. The summed E-state index contributed by atoms with van der Waals surface area (Å²) >= 11 is 0. The van der Waals surface area contributed by atoms with Crippen molar-refractivity contribution in [2.24, 2.45) is 0 Å². The quantitative estimate of drug-likeness (QED) is 0.820. The fourth-order valence-corrected chi connectivity index (χ4v) is 4.80. The first-order chi connectivity index (χ1) is 12.7. The van der Waals surface area contributed by atoms with Crippen LogP contribution < -0.4 is 4.90 Å². The van der Waals surface area contributed by atoms with E-state index in [1.54, 1.807) is 6.07 Å². The zero-order valence-electron chi connectivity index (χ0n) is 15.3. The van der Waals surface area contributed by atoms with E-state index in [2.05, 4.69) is 0 Å². The van der Waals surface area contributed by atoms with Gasteiger partial charge in [-0.3, -0.25) is 0 Å². The highest BCUT2D eigenvalue weighted by Gasteiger charge is 2.32. The highest BCUT2D eigenvalue weighted by Crippen LogP contribution is 2.22. The van der Waals surface area contributed by atoms with Gasteiger partial charge in [0, 0.05) is 11.6 Å². The highest BCUT2D eigenvalue weighted by molar-refractivity contribution is 7.89. The maximum absolute atomic E-state index is 13.9. The molecule has 0 bridgehead atoms. The van der Waals surface area contributed by atoms with Gasteiger partial charge in [-0.05, 0) is 49.2 Å². The summed E-state index contributed by atoms with van der Waals surface area (Å²) in [6, 6.07) is 6.18. The number of aromatic hydroxyl groups is 1. The lowest BCUT2D eigenvalue weighted by Crippen LogP contribution is -3.13. The van der Waals surface area contributed by atoms with E-state index in [-0.39, 0.29) is 18.8 Å². The maximum atomic E-state index is 13.9. The Morgan fingerprint density at radius 1 is 1.07 bits per heavy atom. The van der Waals surface area contributed by atoms with Crippen LogP contribution in [0.15, 0.2) is 35.2 Å². The van der Waals surface area contributed by atoms with Crippen LogP contribution in [0.3, 0.4) is 0 Å². The van der Waals surface area contributed by atoms with Crippen LogP contribution in [-0.4, -0.2) is 44.0 Å². The Hall–Kier alpha value is -2.03. The van der Waals surface area contributed by atoms with E-state index in [9.17, 15) is 22.3 Å². The van der Waals surface area contributed by atoms with Gasteiger partial charge in [-0.15, -0.1) is 0 Å². The van der Waals surface area contributed by atoms with Crippen molar-refractivity contribution < 1.29 is 27.2 Å². The molecular formula is C19H23F2N2O3S+. The van der Waals surface area contributed by atoms with Crippen LogP contribution in [0.4, 0.5) is 8.78 Å². The molecule has 146 valence electrons. The Balaban J connectivity index is 1.69. The number of piperazine rings is 1. The van der Waals surface area contributed by atoms with Gasteiger partial charge < -0.3 is 10.0 Å². The standard InChI is InChI=1S/C19H22F2N2O3S/c1-13-9-15(18(24)10-14(13)2)12-22-5-7-23(8-6-22)27(25,26)19-4-3-16(20)11-17(19)21/h3-4,9-11,24H,5-8,12H2,1-2H3/p+1. The number of aryl methyl sites for hydroxylation is 2. The summed E-state index contributed by atoms with van der Waals surface area (Å²) in [6.07, 6.45) is 0. The van der Waals surface area contributed by atoms with Crippen molar-refractivity contribution in [3.8, 4) is 5.75 Å². The van der Waals surface area contributed by atoms with Gasteiger partial charge in [0.2, 0.25) is 10.0 Å². The second kappa shape index (κ2) is 7.53. The van der Waals surface area contributed by atoms with Crippen LogP contribution in [0.2, 0.25) is 0 Å². The number of sulfonamides is 1. The summed E-state index contributed by atoms with van der Waals surface area (Å²) < 4.78 is 53.4. The van der Waals surface area contributed by atoms with Crippen LogP contribution >= 0.6 is 0 Å².